The molecule has 1 aliphatic heterocycles. The van der Waals surface area contributed by atoms with Crippen LogP contribution in [0.25, 0.3) is 17.3 Å². The molecular weight excluding hydrogens is 590 g/mol. The minimum Gasteiger partial charge on any atom is -0.444 e. The van der Waals surface area contributed by atoms with Crippen molar-refractivity contribution in [3.05, 3.63) is 80.8 Å². The van der Waals surface area contributed by atoms with E-state index in [0.717, 1.165) is 31.2 Å². The molecule has 2 amide bonds. The Morgan fingerprint density at radius 3 is 2.42 bits per heavy atom. The van der Waals surface area contributed by atoms with Gasteiger partial charge in [-0.05, 0) is 94.0 Å². The second-order valence-corrected chi connectivity index (χ2v) is 13.2. The fourth-order valence-corrected chi connectivity index (χ4v) is 6.31. The molecule has 5 rings (SSSR count). The molecule has 0 spiro atoms. The number of nitrogens with zero attached hydrogens (tertiary/aromatic N) is 3. The molecule has 0 radical (unpaired) electrons. The molecule has 10 heteroatoms. The lowest BCUT2D eigenvalue weighted by Crippen LogP contribution is -2.41. The van der Waals surface area contributed by atoms with Gasteiger partial charge < -0.3 is 10.1 Å². The smallest absolute Gasteiger partial charge is 0.410 e. The molecule has 1 aliphatic carbocycles. The van der Waals surface area contributed by atoms with Crippen molar-refractivity contribution in [2.75, 3.05) is 6.54 Å². The third-order valence-electron chi connectivity index (χ3n) is 7.93. The molecule has 0 saturated heterocycles. The predicted octanol–water partition coefficient (Wildman–Crippen LogP) is 8.31. The Morgan fingerprint density at radius 2 is 1.77 bits per heavy atom. The van der Waals surface area contributed by atoms with E-state index >= 15 is 0 Å². The molecule has 2 heterocycles. The number of benzene rings is 2. The van der Waals surface area contributed by atoms with Gasteiger partial charge in [-0.2, -0.15) is 5.10 Å². The molecule has 1 N–H and O–H groups in total. The minimum absolute atomic E-state index is 0.0347. The molecule has 1 atom stereocenters. The van der Waals surface area contributed by atoms with Crippen LogP contribution in [0.3, 0.4) is 0 Å². The van der Waals surface area contributed by atoms with Gasteiger partial charge in [0.05, 0.1) is 29.5 Å². The van der Waals surface area contributed by atoms with Crippen molar-refractivity contribution in [1.82, 2.24) is 20.0 Å². The molecule has 2 aliphatic rings. The summed E-state index contributed by atoms with van der Waals surface area (Å²) in [7, 11) is 0. The Morgan fingerprint density at radius 1 is 1.07 bits per heavy atom. The van der Waals surface area contributed by atoms with Crippen molar-refractivity contribution in [3.63, 3.8) is 0 Å². The van der Waals surface area contributed by atoms with Gasteiger partial charge in [0.2, 0.25) is 0 Å². The van der Waals surface area contributed by atoms with Gasteiger partial charge >= 0.3 is 6.09 Å². The van der Waals surface area contributed by atoms with Crippen LogP contribution in [0.1, 0.15) is 87.1 Å². The zero-order valence-corrected chi connectivity index (χ0v) is 26.4. The van der Waals surface area contributed by atoms with E-state index in [-0.39, 0.29) is 36.5 Å². The number of hydrogen-bond donors (Lipinski definition) is 1. The van der Waals surface area contributed by atoms with Crippen LogP contribution in [0.15, 0.2) is 42.5 Å². The molecule has 2 aromatic carbocycles. The Kier molecular flexibility index (Phi) is 9.18. The number of halogens is 3. The van der Waals surface area contributed by atoms with E-state index < -0.39 is 11.7 Å². The normalized spacial score (nSPS) is 17.5. The van der Waals surface area contributed by atoms with Gasteiger partial charge in [0.1, 0.15) is 11.4 Å². The van der Waals surface area contributed by atoms with E-state index in [1.54, 1.807) is 39.9 Å². The van der Waals surface area contributed by atoms with Crippen molar-refractivity contribution in [2.24, 2.45) is 5.92 Å². The highest BCUT2D eigenvalue weighted by molar-refractivity contribution is 6.35. The Bertz CT molecular complexity index is 1540. The van der Waals surface area contributed by atoms with Crippen LogP contribution in [0, 0.1) is 11.7 Å². The lowest BCUT2D eigenvalue weighted by atomic mass is 9.84. The van der Waals surface area contributed by atoms with Crippen LogP contribution < -0.4 is 5.32 Å². The van der Waals surface area contributed by atoms with Gasteiger partial charge in [-0.3, -0.25) is 9.69 Å². The van der Waals surface area contributed by atoms with E-state index in [9.17, 15) is 14.0 Å². The maximum absolute atomic E-state index is 13.9. The fourth-order valence-electron chi connectivity index (χ4n) is 5.82. The summed E-state index contributed by atoms with van der Waals surface area (Å²) in [5.74, 6) is -0.273. The first kappa shape index (κ1) is 31.1. The van der Waals surface area contributed by atoms with Gasteiger partial charge in [0, 0.05) is 16.6 Å². The average Bonchev–Trinajstić information content (AvgIpc) is 3.33. The number of amides is 2. The first-order valence-electron chi connectivity index (χ1n) is 14.7. The molecule has 228 valence electrons. The first-order valence-corrected chi connectivity index (χ1v) is 15.5. The number of hydrogen-bond acceptors (Lipinski definition) is 4. The van der Waals surface area contributed by atoms with Crippen LogP contribution in [0.4, 0.5) is 9.18 Å². The van der Waals surface area contributed by atoms with Gasteiger partial charge in [0.15, 0.2) is 5.69 Å². The van der Waals surface area contributed by atoms with E-state index in [0.29, 0.717) is 38.5 Å². The Labute approximate surface area is 262 Å². The summed E-state index contributed by atoms with van der Waals surface area (Å²) in [6, 6.07) is 11.1. The molecule has 0 bridgehead atoms. The highest BCUT2D eigenvalue weighted by Gasteiger charge is 2.36. The highest BCUT2D eigenvalue weighted by Crippen LogP contribution is 2.37. The van der Waals surface area contributed by atoms with Crippen LogP contribution in [0.5, 0.6) is 0 Å². The van der Waals surface area contributed by atoms with Gasteiger partial charge in [-0.15, -0.1) is 0 Å². The van der Waals surface area contributed by atoms with Crippen LogP contribution in [-0.2, 0) is 11.3 Å². The third-order valence-corrected chi connectivity index (χ3v) is 8.47. The van der Waals surface area contributed by atoms with Crippen LogP contribution in [-0.4, -0.2) is 44.9 Å². The minimum atomic E-state index is -0.713. The largest absolute Gasteiger partial charge is 0.444 e. The SMILES string of the molecule is C[C@@H](NC(=O)c1nn(-c2ccc(Cl)cc2Cl)c2c1CN(C(=O)OC(C)(C)C)CC2=Cc1ccc(F)cc1)C1CCCCC1. The maximum atomic E-state index is 13.9. The summed E-state index contributed by atoms with van der Waals surface area (Å²) in [4.78, 5) is 28.8. The van der Waals surface area contributed by atoms with Crippen molar-refractivity contribution in [2.45, 2.75) is 78.0 Å². The fraction of sp³-hybridized carbons (Fsp3) is 0.424. The number of ether oxygens (including phenoxy) is 1. The number of aromatic nitrogens is 2. The summed E-state index contributed by atoms with van der Waals surface area (Å²) in [6.45, 7) is 7.75. The van der Waals surface area contributed by atoms with E-state index in [4.69, 9.17) is 33.0 Å². The molecule has 1 aromatic heterocycles. The van der Waals surface area contributed by atoms with Crippen molar-refractivity contribution in [1.29, 1.82) is 0 Å². The van der Waals surface area contributed by atoms with Crippen molar-refractivity contribution in [3.8, 4) is 5.69 Å². The Balaban J connectivity index is 1.64. The topological polar surface area (TPSA) is 76.5 Å². The first-order chi connectivity index (χ1) is 20.4. The maximum Gasteiger partial charge on any atom is 0.410 e. The van der Waals surface area contributed by atoms with Gasteiger partial charge in [0.25, 0.3) is 5.91 Å². The van der Waals surface area contributed by atoms with Crippen molar-refractivity contribution < 1.29 is 18.7 Å². The van der Waals surface area contributed by atoms with Crippen LogP contribution in [0.2, 0.25) is 10.0 Å². The second-order valence-electron chi connectivity index (χ2n) is 12.4. The quantitative estimate of drug-likeness (QED) is 0.309. The summed E-state index contributed by atoms with van der Waals surface area (Å²) in [6.07, 6.45) is 7.04. The lowest BCUT2D eigenvalue weighted by Gasteiger charge is -2.32. The highest BCUT2D eigenvalue weighted by atomic mass is 35.5. The zero-order valence-electron chi connectivity index (χ0n) is 24.9. The summed E-state index contributed by atoms with van der Waals surface area (Å²) < 4.78 is 21.1. The molecule has 43 heavy (non-hydrogen) atoms. The Hall–Kier alpha value is -3.36. The number of fused-ring (bicyclic) bond motifs is 1. The number of carbonyl (C=O) groups excluding carboxylic acids is 2. The lowest BCUT2D eigenvalue weighted by molar-refractivity contribution is 0.0254. The second kappa shape index (κ2) is 12.7. The zero-order chi connectivity index (χ0) is 30.9. The number of rotatable bonds is 5. The third kappa shape index (κ3) is 7.24. The molecule has 7 nitrogen and oxygen atoms in total. The number of nitrogens with one attached hydrogen (secondary N) is 1. The average molecular weight is 628 g/mol. The number of carbonyl (C=O) groups is 2. The van der Waals surface area contributed by atoms with Crippen LogP contribution >= 0.6 is 23.2 Å². The molecule has 3 aromatic rings. The standard InChI is InChI=1S/C33H37Cl2FN4O3/c1-20(22-8-6-5-7-9-22)37-31(41)29-26-19-39(32(42)43-33(2,3)4)18-23(16-21-10-13-25(36)14-11-21)30(26)40(38-29)28-15-12-24(34)17-27(28)35/h10-17,20,22H,5-9,18-19H2,1-4H3,(H,37,41)/t20-/m1/s1. The summed E-state index contributed by atoms with van der Waals surface area (Å²) in [5, 5.41) is 8.84. The molecule has 1 fully saturated rings. The molecule has 1 saturated carbocycles. The predicted molar refractivity (Wildman–Crippen MR) is 168 cm³/mol. The van der Waals surface area contributed by atoms with E-state index in [1.807, 2.05) is 33.8 Å². The van der Waals surface area contributed by atoms with Gasteiger partial charge in [-0.1, -0.05) is 54.6 Å². The summed E-state index contributed by atoms with van der Waals surface area (Å²) in [5.41, 5.74) is 2.67. The molecule has 0 unspecified atom stereocenters. The van der Waals surface area contributed by atoms with Crippen molar-refractivity contribution >= 4 is 46.9 Å². The molecular formula is C33H37Cl2FN4O3. The van der Waals surface area contributed by atoms with E-state index in [2.05, 4.69) is 5.32 Å². The summed E-state index contributed by atoms with van der Waals surface area (Å²) >= 11 is 12.9. The van der Waals surface area contributed by atoms with Gasteiger partial charge in [-0.25, -0.2) is 13.9 Å². The van der Waals surface area contributed by atoms with E-state index in [1.165, 1.54) is 18.6 Å². The monoisotopic (exact) mass is 626 g/mol.